The predicted molar refractivity (Wildman–Crippen MR) is 111 cm³/mol. The molecule has 0 unspecified atom stereocenters. The number of hydrogen-bond acceptors (Lipinski definition) is 4. The lowest BCUT2D eigenvalue weighted by Crippen LogP contribution is -2.46. The third kappa shape index (κ3) is 3.64. The fraction of sp³-hybridized carbons (Fsp3) is 0.636. The predicted octanol–water partition coefficient (Wildman–Crippen LogP) is 5.16. The largest absolute Gasteiger partial charge is 0.326 e. The lowest BCUT2D eigenvalue weighted by molar-refractivity contribution is -0.119. The number of aromatic nitrogens is 1. The summed E-state index contributed by atoms with van der Waals surface area (Å²) in [5, 5.41) is 4.42. The van der Waals surface area contributed by atoms with Gasteiger partial charge in [-0.2, -0.15) is 0 Å². The number of amides is 1. The number of fused-ring (bicyclic) bond motifs is 1. The van der Waals surface area contributed by atoms with E-state index in [9.17, 15) is 4.79 Å². The minimum Gasteiger partial charge on any atom is -0.326 e. The molecule has 5 heteroatoms. The van der Waals surface area contributed by atoms with Crippen LogP contribution in [0.5, 0.6) is 0 Å². The summed E-state index contributed by atoms with van der Waals surface area (Å²) in [6, 6.07) is 6.98. The van der Waals surface area contributed by atoms with Crippen LogP contribution < -0.4 is 5.32 Å². The molecule has 144 valence electrons. The third-order valence-electron chi connectivity index (χ3n) is 6.77. The van der Waals surface area contributed by atoms with Crippen molar-refractivity contribution in [2.45, 2.75) is 69.7 Å². The van der Waals surface area contributed by atoms with Gasteiger partial charge in [0.25, 0.3) is 0 Å². The number of thiazole rings is 1. The molecule has 1 aromatic heterocycles. The Balaban J connectivity index is 1.24. The summed E-state index contributed by atoms with van der Waals surface area (Å²) in [7, 11) is 0. The quantitative estimate of drug-likeness (QED) is 0.793. The highest BCUT2D eigenvalue weighted by atomic mass is 32.1. The topological polar surface area (TPSA) is 45.2 Å². The van der Waals surface area contributed by atoms with Gasteiger partial charge in [-0.05, 0) is 69.8 Å². The molecular formula is C22H29N3OS. The number of hydrogen-bond donors (Lipinski definition) is 1. The van der Waals surface area contributed by atoms with Gasteiger partial charge in [0.2, 0.25) is 5.91 Å². The number of likely N-dealkylation sites (tertiary alicyclic amines) is 1. The molecule has 1 amide bonds. The molecule has 5 rings (SSSR count). The van der Waals surface area contributed by atoms with E-state index in [4.69, 9.17) is 4.98 Å². The van der Waals surface area contributed by atoms with Gasteiger partial charge in [-0.15, -0.1) is 11.3 Å². The van der Waals surface area contributed by atoms with Gasteiger partial charge in [0, 0.05) is 23.6 Å². The molecule has 0 spiro atoms. The Morgan fingerprint density at radius 2 is 1.85 bits per heavy atom. The molecule has 2 heterocycles. The molecule has 3 aliphatic rings. The normalized spacial score (nSPS) is 27.0. The molecule has 1 aromatic carbocycles. The van der Waals surface area contributed by atoms with Crippen molar-refractivity contribution in [2.24, 2.45) is 5.92 Å². The zero-order chi connectivity index (χ0) is 18.2. The highest BCUT2D eigenvalue weighted by molar-refractivity contribution is 7.18. The van der Waals surface area contributed by atoms with Gasteiger partial charge in [-0.1, -0.05) is 19.3 Å². The fourth-order valence-corrected chi connectivity index (χ4v) is 6.13. The van der Waals surface area contributed by atoms with E-state index >= 15 is 0 Å². The van der Waals surface area contributed by atoms with Crippen LogP contribution in [-0.4, -0.2) is 34.9 Å². The number of carbonyl (C=O) groups excluding carboxylic acids is 1. The molecule has 1 saturated heterocycles. The molecule has 4 nitrogen and oxygen atoms in total. The van der Waals surface area contributed by atoms with E-state index in [1.807, 2.05) is 17.4 Å². The van der Waals surface area contributed by atoms with Gasteiger partial charge < -0.3 is 10.2 Å². The van der Waals surface area contributed by atoms with Gasteiger partial charge in [0.15, 0.2) is 0 Å². The average Bonchev–Trinajstić information content (AvgIpc) is 3.31. The Kier molecular flexibility index (Phi) is 4.91. The minimum absolute atomic E-state index is 0.194. The van der Waals surface area contributed by atoms with E-state index in [1.54, 1.807) is 0 Å². The summed E-state index contributed by atoms with van der Waals surface area (Å²) in [6.07, 6.45) is 11.2. The van der Waals surface area contributed by atoms with E-state index in [2.05, 4.69) is 22.3 Å². The van der Waals surface area contributed by atoms with Crippen LogP contribution >= 0.6 is 11.3 Å². The van der Waals surface area contributed by atoms with Crippen molar-refractivity contribution >= 4 is 33.1 Å². The van der Waals surface area contributed by atoms with Crippen LogP contribution in [0.1, 0.15) is 68.7 Å². The first-order chi connectivity index (χ1) is 13.3. The Morgan fingerprint density at radius 3 is 2.63 bits per heavy atom. The molecule has 3 fully saturated rings. The van der Waals surface area contributed by atoms with Crippen molar-refractivity contribution in [1.82, 2.24) is 9.88 Å². The Morgan fingerprint density at radius 1 is 1.07 bits per heavy atom. The van der Waals surface area contributed by atoms with Crippen molar-refractivity contribution in [3.8, 4) is 0 Å². The monoisotopic (exact) mass is 383 g/mol. The molecule has 2 aromatic rings. The number of benzene rings is 1. The first kappa shape index (κ1) is 17.6. The van der Waals surface area contributed by atoms with Gasteiger partial charge in [0.05, 0.1) is 15.2 Å². The lowest BCUT2D eigenvalue weighted by Gasteiger charge is -2.43. The number of piperidine rings is 1. The van der Waals surface area contributed by atoms with Crippen LogP contribution in [0.2, 0.25) is 0 Å². The summed E-state index contributed by atoms with van der Waals surface area (Å²) in [5.74, 6) is 1.03. The van der Waals surface area contributed by atoms with Crippen molar-refractivity contribution in [1.29, 1.82) is 0 Å². The van der Waals surface area contributed by atoms with Gasteiger partial charge in [-0.25, -0.2) is 4.98 Å². The first-order valence-electron chi connectivity index (χ1n) is 10.7. The van der Waals surface area contributed by atoms with Crippen LogP contribution in [0.15, 0.2) is 18.2 Å². The maximum absolute atomic E-state index is 12.4. The van der Waals surface area contributed by atoms with Crippen LogP contribution in [-0.2, 0) is 4.79 Å². The summed E-state index contributed by atoms with van der Waals surface area (Å²) in [5.41, 5.74) is 2.00. The van der Waals surface area contributed by atoms with Crippen LogP contribution in [0.3, 0.4) is 0 Å². The standard InChI is InChI=1S/C22H29N3OS/c26-21(15-6-2-3-7-15)23-17-8-9-19-20(14-17)27-22(24-19)16-12-18(13-16)25-10-4-1-5-11-25/h8-9,14-16,18H,1-7,10-13H2,(H,23,26)/t16-,18-. The Bertz CT molecular complexity index is 814. The molecule has 0 bridgehead atoms. The highest BCUT2D eigenvalue weighted by Crippen LogP contribution is 2.43. The summed E-state index contributed by atoms with van der Waals surface area (Å²) in [4.78, 5) is 20.0. The molecule has 2 saturated carbocycles. The van der Waals surface area contributed by atoms with Crippen molar-refractivity contribution in [2.75, 3.05) is 18.4 Å². The second kappa shape index (κ2) is 7.51. The van der Waals surface area contributed by atoms with Crippen LogP contribution in [0, 0.1) is 5.92 Å². The smallest absolute Gasteiger partial charge is 0.227 e. The molecule has 1 N–H and O–H groups in total. The molecule has 27 heavy (non-hydrogen) atoms. The van der Waals surface area contributed by atoms with E-state index in [-0.39, 0.29) is 11.8 Å². The van der Waals surface area contributed by atoms with Crippen LogP contribution in [0.4, 0.5) is 5.69 Å². The van der Waals surface area contributed by atoms with E-state index in [0.29, 0.717) is 5.92 Å². The zero-order valence-electron chi connectivity index (χ0n) is 16.0. The van der Waals surface area contributed by atoms with Gasteiger partial charge in [-0.3, -0.25) is 4.79 Å². The molecule has 1 aliphatic heterocycles. The maximum atomic E-state index is 12.4. The summed E-state index contributed by atoms with van der Waals surface area (Å²) in [6.45, 7) is 2.59. The van der Waals surface area contributed by atoms with Crippen molar-refractivity contribution in [3.05, 3.63) is 23.2 Å². The summed E-state index contributed by atoms with van der Waals surface area (Å²) >= 11 is 1.82. The molecule has 2 aliphatic carbocycles. The van der Waals surface area contributed by atoms with Gasteiger partial charge in [0.1, 0.15) is 0 Å². The number of nitrogens with zero attached hydrogens (tertiary/aromatic N) is 2. The average molecular weight is 384 g/mol. The van der Waals surface area contributed by atoms with Crippen LogP contribution in [0.25, 0.3) is 10.2 Å². The molecular weight excluding hydrogens is 354 g/mol. The number of nitrogens with one attached hydrogen (secondary N) is 1. The highest BCUT2D eigenvalue weighted by Gasteiger charge is 2.36. The minimum atomic E-state index is 0.194. The van der Waals surface area contributed by atoms with Gasteiger partial charge >= 0.3 is 0 Å². The lowest BCUT2D eigenvalue weighted by atomic mass is 9.79. The number of anilines is 1. The molecule has 0 radical (unpaired) electrons. The first-order valence-corrected chi connectivity index (χ1v) is 11.5. The second-order valence-corrected chi connectivity index (χ2v) is 9.69. The Hall–Kier alpha value is -1.46. The van der Waals surface area contributed by atoms with E-state index in [1.165, 1.54) is 67.7 Å². The fourth-order valence-electron chi connectivity index (χ4n) is 5.00. The number of rotatable bonds is 4. The van der Waals surface area contributed by atoms with Crippen molar-refractivity contribution < 1.29 is 4.79 Å². The second-order valence-electron chi connectivity index (χ2n) is 8.62. The summed E-state index contributed by atoms with van der Waals surface area (Å²) < 4.78 is 1.20. The van der Waals surface area contributed by atoms with Crippen molar-refractivity contribution in [3.63, 3.8) is 0 Å². The zero-order valence-corrected chi connectivity index (χ0v) is 16.8. The Labute approximate surface area is 165 Å². The number of carbonyl (C=O) groups is 1. The SMILES string of the molecule is O=C(Nc1ccc2nc([C@H]3C[C@H](N4CCCCC4)C3)sc2c1)C1CCCC1. The molecule has 0 atom stereocenters. The third-order valence-corrected chi connectivity index (χ3v) is 7.95. The van der Waals surface area contributed by atoms with E-state index < -0.39 is 0 Å². The maximum Gasteiger partial charge on any atom is 0.227 e. The van der Waals surface area contributed by atoms with E-state index in [0.717, 1.165) is 30.1 Å².